The third-order valence-corrected chi connectivity index (χ3v) is 4.94. The first-order valence-corrected chi connectivity index (χ1v) is 8.26. The van der Waals surface area contributed by atoms with Gasteiger partial charge in [-0.15, -0.1) is 0 Å². The molecule has 0 aliphatic carbocycles. The fraction of sp³-hybridized carbons (Fsp3) is 0.938. The molecular formula is C16H27F3N2O2. The lowest BCUT2D eigenvalue weighted by atomic mass is 9.73. The number of alkyl halides is 3. The summed E-state index contributed by atoms with van der Waals surface area (Å²) >= 11 is 0. The van der Waals surface area contributed by atoms with Gasteiger partial charge >= 0.3 is 12.2 Å². The quantitative estimate of drug-likeness (QED) is 0.795. The van der Waals surface area contributed by atoms with Crippen molar-refractivity contribution in [3.63, 3.8) is 0 Å². The van der Waals surface area contributed by atoms with Crippen LogP contribution in [0.1, 0.15) is 47.0 Å². The Hall–Kier alpha value is -0.980. The van der Waals surface area contributed by atoms with Crippen molar-refractivity contribution in [3.8, 4) is 0 Å². The lowest BCUT2D eigenvalue weighted by molar-refractivity contribution is -0.214. The van der Waals surface area contributed by atoms with Gasteiger partial charge in [0.05, 0.1) is 18.1 Å². The van der Waals surface area contributed by atoms with Crippen LogP contribution in [-0.2, 0) is 4.74 Å². The largest absolute Gasteiger partial charge is 0.392 e. The second-order valence-electron chi connectivity index (χ2n) is 7.67. The molecule has 0 aromatic heterocycles. The number of carbonyl (C=O) groups excluding carboxylic acids is 1. The maximum absolute atomic E-state index is 13.1. The summed E-state index contributed by atoms with van der Waals surface area (Å²) in [5.41, 5.74) is -0.968. The number of urea groups is 1. The fourth-order valence-electron chi connectivity index (χ4n) is 3.93. The molecule has 7 heteroatoms. The van der Waals surface area contributed by atoms with E-state index in [0.29, 0.717) is 0 Å². The van der Waals surface area contributed by atoms with E-state index in [0.717, 1.165) is 12.8 Å². The van der Waals surface area contributed by atoms with Crippen LogP contribution < -0.4 is 5.32 Å². The molecule has 2 aliphatic rings. The Morgan fingerprint density at radius 2 is 1.78 bits per heavy atom. The number of rotatable bonds is 1. The van der Waals surface area contributed by atoms with Gasteiger partial charge in [-0.1, -0.05) is 13.8 Å². The van der Waals surface area contributed by atoms with E-state index in [1.165, 1.54) is 4.90 Å². The zero-order valence-corrected chi connectivity index (χ0v) is 14.2. The highest BCUT2D eigenvalue weighted by molar-refractivity contribution is 5.74. The molecule has 2 amide bonds. The highest BCUT2D eigenvalue weighted by atomic mass is 19.4. The number of halogens is 3. The Bertz CT molecular complexity index is 430. The van der Waals surface area contributed by atoms with E-state index in [-0.39, 0.29) is 43.8 Å². The van der Waals surface area contributed by atoms with Crippen LogP contribution in [0.15, 0.2) is 0 Å². The zero-order chi connectivity index (χ0) is 17.4. The van der Waals surface area contributed by atoms with Crippen molar-refractivity contribution in [3.05, 3.63) is 0 Å². The van der Waals surface area contributed by atoms with Crippen LogP contribution in [0.3, 0.4) is 0 Å². The average Bonchev–Trinajstić information content (AvgIpc) is 2.34. The van der Waals surface area contributed by atoms with Gasteiger partial charge in [0.15, 0.2) is 0 Å². The number of hydrogen-bond acceptors (Lipinski definition) is 2. The molecule has 2 saturated heterocycles. The van der Waals surface area contributed by atoms with Crippen molar-refractivity contribution in [1.29, 1.82) is 0 Å². The molecule has 0 unspecified atom stereocenters. The third kappa shape index (κ3) is 4.52. The molecule has 0 saturated carbocycles. The minimum Gasteiger partial charge on any atom is -0.375 e. The monoisotopic (exact) mass is 336 g/mol. The van der Waals surface area contributed by atoms with Gasteiger partial charge in [-0.25, -0.2) is 4.79 Å². The van der Waals surface area contributed by atoms with Crippen molar-refractivity contribution < 1.29 is 22.7 Å². The number of carbonyl (C=O) groups is 1. The van der Waals surface area contributed by atoms with Crippen LogP contribution >= 0.6 is 0 Å². The van der Waals surface area contributed by atoms with Crippen LogP contribution in [0, 0.1) is 11.3 Å². The predicted octanol–water partition coefficient (Wildman–Crippen LogP) is 3.56. The highest BCUT2D eigenvalue weighted by Gasteiger charge is 2.51. The predicted molar refractivity (Wildman–Crippen MR) is 81.1 cm³/mol. The molecule has 2 rings (SSSR count). The van der Waals surface area contributed by atoms with Crippen LogP contribution in [0.5, 0.6) is 0 Å². The number of piperidine rings is 1. The van der Waals surface area contributed by atoms with Gasteiger partial charge in [0, 0.05) is 19.1 Å². The zero-order valence-electron chi connectivity index (χ0n) is 14.2. The third-order valence-electron chi connectivity index (χ3n) is 4.94. The van der Waals surface area contributed by atoms with Crippen molar-refractivity contribution in [1.82, 2.24) is 10.2 Å². The van der Waals surface area contributed by atoms with Gasteiger partial charge in [-0.2, -0.15) is 13.2 Å². The first-order chi connectivity index (χ1) is 10.5. The summed E-state index contributed by atoms with van der Waals surface area (Å²) in [6.45, 7) is 7.37. The van der Waals surface area contributed by atoms with E-state index in [9.17, 15) is 18.0 Å². The molecule has 1 N–H and O–H groups in total. The number of hydrogen-bond donors (Lipinski definition) is 1. The summed E-state index contributed by atoms with van der Waals surface area (Å²) in [5.74, 6) is -1.36. The summed E-state index contributed by atoms with van der Waals surface area (Å²) in [5, 5.41) is 2.97. The van der Waals surface area contributed by atoms with Gasteiger partial charge in [0.1, 0.15) is 0 Å². The molecule has 2 aliphatic heterocycles. The Balaban J connectivity index is 1.94. The summed E-state index contributed by atoms with van der Waals surface area (Å²) in [4.78, 5) is 13.9. The summed E-state index contributed by atoms with van der Waals surface area (Å²) in [6, 6.07) is -0.241. The molecular weight excluding hydrogens is 309 g/mol. The van der Waals surface area contributed by atoms with E-state index in [1.54, 1.807) is 13.8 Å². The smallest absolute Gasteiger partial charge is 0.375 e. The Labute approximate surface area is 135 Å². The van der Waals surface area contributed by atoms with Crippen molar-refractivity contribution in [2.24, 2.45) is 11.3 Å². The minimum absolute atomic E-state index is 0.0182. The molecule has 0 aromatic carbocycles. The fourth-order valence-corrected chi connectivity index (χ4v) is 3.93. The Morgan fingerprint density at radius 3 is 2.26 bits per heavy atom. The summed E-state index contributed by atoms with van der Waals surface area (Å²) in [7, 11) is 0. The van der Waals surface area contributed by atoms with Crippen LogP contribution in [-0.4, -0.2) is 48.4 Å². The molecule has 4 nitrogen and oxygen atoms in total. The molecule has 3 atom stereocenters. The van der Waals surface area contributed by atoms with Crippen LogP contribution in [0.4, 0.5) is 18.0 Å². The topological polar surface area (TPSA) is 41.6 Å². The summed E-state index contributed by atoms with van der Waals surface area (Å²) in [6.07, 6.45) is -2.62. The number of amides is 2. The first kappa shape index (κ1) is 18.4. The van der Waals surface area contributed by atoms with E-state index in [4.69, 9.17) is 4.74 Å². The van der Waals surface area contributed by atoms with Gasteiger partial charge in [0.25, 0.3) is 0 Å². The Kier molecular flexibility index (Phi) is 5.18. The highest BCUT2D eigenvalue weighted by Crippen LogP contribution is 2.45. The standard InChI is InChI=1S/C16H27F3N2O2/c1-10-7-12(8-11(2)23-10)20-14(22)21-6-5-13(16(17,18)19)15(3,4)9-21/h10-13H,5-9H2,1-4H3,(H,20,22)/t10-,11-,13-/m1/s1. The van der Waals surface area contributed by atoms with E-state index in [1.807, 2.05) is 13.8 Å². The van der Waals surface area contributed by atoms with Crippen molar-refractivity contribution >= 4 is 6.03 Å². The average molecular weight is 336 g/mol. The maximum atomic E-state index is 13.1. The number of likely N-dealkylation sites (tertiary alicyclic amines) is 1. The van der Waals surface area contributed by atoms with E-state index < -0.39 is 17.5 Å². The van der Waals surface area contributed by atoms with Crippen LogP contribution in [0.25, 0.3) is 0 Å². The van der Waals surface area contributed by atoms with Gasteiger partial charge in [-0.3, -0.25) is 0 Å². The summed E-state index contributed by atoms with van der Waals surface area (Å²) < 4.78 is 44.9. The number of ether oxygens (including phenoxy) is 1. The molecule has 2 heterocycles. The number of nitrogens with one attached hydrogen (secondary N) is 1. The van der Waals surface area contributed by atoms with E-state index >= 15 is 0 Å². The SMILES string of the molecule is C[C@@H]1CC(NC(=O)N2CC[C@@H](C(F)(F)F)C(C)(C)C2)C[C@@H](C)O1. The number of nitrogens with zero attached hydrogens (tertiary/aromatic N) is 1. The van der Waals surface area contributed by atoms with Gasteiger partial charge in [-0.05, 0) is 38.5 Å². The maximum Gasteiger partial charge on any atom is 0.392 e. The lowest BCUT2D eigenvalue weighted by Crippen LogP contribution is -2.56. The second kappa shape index (κ2) is 6.49. The van der Waals surface area contributed by atoms with Crippen molar-refractivity contribution in [2.45, 2.75) is 71.4 Å². The van der Waals surface area contributed by atoms with Crippen molar-refractivity contribution in [2.75, 3.05) is 13.1 Å². The molecule has 0 radical (unpaired) electrons. The van der Waals surface area contributed by atoms with Crippen LogP contribution in [0.2, 0.25) is 0 Å². The molecule has 2 fully saturated rings. The Morgan fingerprint density at radius 1 is 1.22 bits per heavy atom. The molecule has 0 spiro atoms. The molecule has 0 bridgehead atoms. The first-order valence-electron chi connectivity index (χ1n) is 8.26. The van der Waals surface area contributed by atoms with Gasteiger partial charge < -0.3 is 15.0 Å². The minimum atomic E-state index is -4.21. The molecule has 23 heavy (non-hydrogen) atoms. The lowest BCUT2D eigenvalue weighted by Gasteiger charge is -2.45. The van der Waals surface area contributed by atoms with Gasteiger partial charge in [0.2, 0.25) is 0 Å². The molecule has 134 valence electrons. The molecule has 0 aromatic rings. The second-order valence-corrected chi connectivity index (χ2v) is 7.67. The van der Waals surface area contributed by atoms with E-state index in [2.05, 4.69) is 5.32 Å². The normalized spacial score (nSPS) is 35.0.